The van der Waals surface area contributed by atoms with Gasteiger partial charge < -0.3 is 14.9 Å². The lowest BCUT2D eigenvalue weighted by atomic mass is 9.81. The van der Waals surface area contributed by atoms with Crippen LogP contribution >= 0.6 is 0 Å². The Labute approximate surface area is 166 Å². The molecule has 2 unspecified atom stereocenters. The predicted molar refractivity (Wildman–Crippen MR) is 105 cm³/mol. The fourth-order valence-corrected chi connectivity index (χ4v) is 4.29. The summed E-state index contributed by atoms with van der Waals surface area (Å²) >= 11 is 0. The second kappa shape index (κ2) is 7.94. The summed E-state index contributed by atoms with van der Waals surface area (Å²) in [5, 5.41) is 9.57. The van der Waals surface area contributed by atoms with E-state index >= 15 is 0 Å². The second-order valence-electron chi connectivity index (χ2n) is 8.84. The molecule has 0 radical (unpaired) electrons. The van der Waals surface area contributed by atoms with Gasteiger partial charge in [-0.3, -0.25) is 14.4 Å². The van der Waals surface area contributed by atoms with Gasteiger partial charge in [0.25, 0.3) is 0 Å². The summed E-state index contributed by atoms with van der Waals surface area (Å²) in [5.74, 6) is -0.794. The van der Waals surface area contributed by atoms with Gasteiger partial charge in [0.1, 0.15) is 6.04 Å². The highest BCUT2D eigenvalue weighted by Crippen LogP contribution is 2.32. The predicted octanol–water partition coefficient (Wildman–Crippen LogP) is 2.70. The molecule has 2 atom stereocenters. The minimum Gasteiger partial charge on any atom is -0.481 e. The van der Waals surface area contributed by atoms with Gasteiger partial charge in [0.15, 0.2) is 0 Å². The summed E-state index contributed by atoms with van der Waals surface area (Å²) in [4.78, 5) is 41.4. The molecule has 0 saturated carbocycles. The van der Waals surface area contributed by atoms with Crippen LogP contribution in [0.4, 0.5) is 0 Å². The molecule has 1 fully saturated rings. The zero-order valence-corrected chi connectivity index (χ0v) is 17.0. The molecule has 6 heteroatoms. The number of aliphatic carboxylic acids is 1. The van der Waals surface area contributed by atoms with Gasteiger partial charge in [0.2, 0.25) is 11.8 Å². The van der Waals surface area contributed by atoms with Gasteiger partial charge in [0.05, 0.1) is 5.41 Å². The van der Waals surface area contributed by atoms with E-state index in [2.05, 4.69) is 0 Å². The highest BCUT2D eigenvalue weighted by Gasteiger charge is 2.43. The maximum atomic E-state index is 13.4. The monoisotopic (exact) mass is 386 g/mol. The Bertz CT molecular complexity index is 776. The molecule has 1 aromatic carbocycles. The Kier molecular flexibility index (Phi) is 5.77. The molecule has 6 nitrogen and oxygen atoms in total. The summed E-state index contributed by atoms with van der Waals surface area (Å²) in [6.45, 7) is 6.87. The molecule has 3 rings (SSSR count). The number of fused-ring (bicyclic) bond motifs is 1. The van der Waals surface area contributed by atoms with Gasteiger partial charge in [-0.1, -0.05) is 38.1 Å². The second-order valence-corrected chi connectivity index (χ2v) is 8.84. The molecule has 2 aliphatic rings. The van der Waals surface area contributed by atoms with Crippen LogP contribution in [0.2, 0.25) is 0 Å². The molecule has 1 N–H and O–H groups in total. The number of carbonyl (C=O) groups excluding carboxylic acids is 2. The van der Waals surface area contributed by atoms with Gasteiger partial charge in [0, 0.05) is 32.5 Å². The van der Waals surface area contributed by atoms with Gasteiger partial charge in [-0.25, -0.2) is 0 Å². The summed E-state index contributed by atoms with van der Waals surface area (Å²) in [7, 11) is 0. The van der Waals surface area contributed by atoms with Gasteiger partial charge in [-0.2, -0.15) is 0 Å². The van der Waals surface area contributed by atoms with Crippen molar-refractivity contribution < 1.29 is 19.5 Å². The number of carboxylic acid groups (broad SMARTS) is 1. The molecular weight excluding hydrogens is 356 g/mol. The van der Waals surface area contributed by atoms with Gasteiger partial charge in [-0.15, -0.1) is 0 Å². The van der Waals surface area contributed by atoms with Crippen LogP contribution in [0.5, 0.6) is 0 Å². The number of rotatable bonds is 4. The lowest BCUT2D eigenvalue weighted by Crippen LogP contribution is -2.57. The zero-order valence-electron chi connectivity index (χ0n) is 17.0. The van der Waals surface area contributed by atoms with Crippen LogP contribution in [-0.4, -0.2) is 51.8 Å². The van der Waals surface area contributed by atoms with E-state index < -0.39 is 17.4 Å². The number of hydrogen-bond donors (Lipinski definition) is 1. The van der Waals surface area contributed by atoms with Crippen LogP contribution in [-0.2, 0) is 27.3 Å². The molecule has 1 aromatic rings. The van der Waals surface area contributed by atoms with Crippen molar-refractivity contribution >= 4 is 17.8 Å². The van der Waals surface area contributed by atoms with Gasteiger partial charge >= 0.3 is 5.97 Å². The molecule has 1 saturated heterocycles. The Morgan fingerprint density at radius 3 is 2.54 bits per heavy atom. The average Bonchev–Trinajstić information content (AvgIpc) is 2.65. The van der Waals surface area contributed by atoms with Gasteiger partial charge in [-0.05, 0) is 36.8 Å². The summed E-state index contributed by atoms with van der Waals surface area (Å²) in [5.41, 5.74) is 1.25. The lowest BCUT2D eigenvalue weighted by Gasteiger charge is -2.43. The van der Waals surface area contributed by atoms with Crippen LogP contribution in [0.15, 0.2) is 24.3 Å². The normalized spacial score (nSPS) is 24.8. The molecule has 0 bridgehead atoms. The first-order chi connectivity index (χ1) is 13.2. The number of hydrogen-bond acceptors (Lipinski definition) is 3. The van der Waals surface area contributed by atoms with Crippen molar-refractivity contribution in [1.29, 1.82) is 0 Å². The Morgan fingerprint density at radius 2 is 1.89 bits per heavy atom. The third-order valence-corrected chi connectivity index (χ3v) is 5.96. The number of benzene rings is 1. The van der Waals surface area contributed by atoms with Crippen molar-refractivity contribution in [3.8, 4) is 0 Å². The van der Waals surface area contributed by atoms with E-state index in [1.807, 2.05) is 38.1 Å². The highest BCUT2D eigenvalue weighted by molar-refractivity contribution is 5.89. The Morgan fingerprint density at radius 1 is 1.21 bits per heavy atom. The van der Waals surface area contributed by atoms with Crippen molar-refractivity contribution in [3.63, 3.8) is 0 Å². The maximum absolute atomic E-state index is 13.4. The molecule has 152 valence electrons. The Balaban J connectivity index is 1.86. The summed E-state index contributed by atoms with van der Waals surface area (Å²) in [6.07, 6.45) is 2.12. The van der Waals surface area contributed by atoms with Crippen molar-refractivity contribution in [2.24, 2.45) is 11.3 Å². The maximum Gasteiger partial charge on any atom is 0.311 e. The standard InChI is InChI=1S/C22H30N2O4/c1-15(2)11-19(25)24-13-17-8-5-4-7-16(17)12-18(24)20(26)23-10-6-9-22(3,14-23)21(27)28/h4-5,7-8,15,18H,6,9-14H2,1-3H3,(H,27,28). The lowest BCUT2D eigenvalue weighted by molar-refractivity contribution is -0.157. The SMILES string of the molecule is CC(C)CC(=O)N1Cc2ccccc2CC1C(=O)N1CCCC(C)(C(=O)O)C1. The van der Waals surface area contributed by atoms with E-state index in [-0.39, 0.29) is 24.3 Å². The van der Waals surface area contributed by atoms with Crippen LogP contribution < -0.4 is 0 Å². The topological polar surface area (TPSA) is 77.9 Å². The van der Waals surface area contributed by atoms with Crippen molar-refractivity contribution in [2.45, 2.75) is 59.0 Å². The van der Waals surface area contributed by atoms with Crippen molar-refractivity contribution in [2.75, 3.05) is 13.1 Å². The molecule has 0 aromatic heterocycles. The number of amides is 2. The van der Waals surface area contributed by atoms with E-state index in [0.717, 1.165) is 11.1 Å². The quantitative estimate of drug-likeness (QED) is 0.863. The zero-order chi connectivity index (χ0) is 20.5. The van der Waals surface area contributed by atoms with Crippen LogP contribution in [0, 0.1) is 11.3 Å². The molecular formula is C22H30N2O4. The van der Waals surface area contributed by atoms with Crippen molar-refractivity contribution in [3.05, 3.63) is 35.4 Å². The largest absolute Gasteiger partial charge is 0.481 e. The number of piperidine rings is 1. The van der Waals surface area contributed by atoms with E-state index in [1.165, 1.54) is 0 Å². The van der Waals surface area contributed by atoms with E-state index in [0.29, 0.717) is 38.8 Å². The fraction of sp³-hybridized carbons (Fsp3) is 0.591. The summed E-state index contributed by atoms with van der Waals surface area (Å²) in [6, 6.07) is 7.37. The first kappa shape index (κ1) is 20.4. The molecule has 0 spiro atoms. The van der Waals surface area contributed by atoms with Crippen molar-refractivity contribution in [1.82, 2.24) is 9.80 Å². The van der Waals surface area contributed by atoms with Crippen LogP contribution in [0.1, 0.15) is 51.2 Å². The minimum atomic E-state index is -0.923. The molecule has 0 aliphatic carbocycles. The minimum absolute atomic E-state index is 0.0131. The van der Waals surface area contributed by atoms with Crippen LogP contribution in [0.25, 0.3) is 0 Å². The highest BCUT2D eigenvalue weighted by atomic mass is 16.4. The number of likely N-dealkylation sites (tertiary alicyclic amines) is 1. The third-order valence-electron chi connectivity index (χ3n) is 5.96. The Hall–Kier alpha value is -2.37. The molecule has 2 amide bonds. The first-order valence-electron chi connectivity index (χ1n) is 10.1. The average molecular weight is 386 g/mol. The third kappa shape index (κ3) is 4.05. The number of nitrogens with zero attached hydrogens (tertiary/aromatic N) is 2. The fourth-order valence-electron chi connectivity index (χ4n) is 4.29. The molecule has 2 heterocycles. The van der Waals surface area contributed by atoms with E-state index in [9.17, 15) is 19.5 Å². The van der Waals surface area contributed by atoms with E-state index in [4.69, 9.17) is 0 Å². The first-order valence-corrected chi connectivity index (χ1v) is 10.1. The molecule has 2 aliphatic heterocycles. The smallest absolute Gasteiger partial charge is 0.311 e. The molecule has 28 heavy (non-hydrogen) atoms. The summed E-state index contributed by atoms with van der Waals surface area (Å²) < 4.78 is 0. The van der Waals surface area contributed by atoms with Crippen LogP contribution in [0.3, 0.4) is 0 Å². The number of carboxylic acids is 1. The van der Waals surface area contributed by atoms with E-state index in [1.54, 1.807) is 16.7 Å². The number of carbonyl (C=O) groups is 3.